The number of aromatic nitrogens is 2. The SMILES string of the molecule is CCc1nc(C)ccc1Oc1ccc(N)c(C#N)n1. The van der Waals surface area contributed by atoms with Crippen LogP contribution in [0.4, 0.5) is 5.69 Å². The van der Waals surface area contributed by atoms with E-state index in [4.69, 9.17) is 15.7 Å². The topological polar surface area (TPSA) is 84.8 Å². The molecule has 0 saturated carbocycles. The Bertz CT molecular complexity index is 646. The molecule has 19 heavy (non-hydrogen) atoms. The van der Waals surface area contributed by atoms with Crippen molar-refractivity contribution in [2.45, 2.75) is 20.3 Å². The summed E-state index contributed by atoms with van der Waals surface area (Å²) in [7, 11) is 0. The summed E-state index contributed by atoms with van der Waals surface area (Å²) in [5, 5.41) is 8.89. The molecule has 0 bridgehead atoms. The second-order valence-corrected chi connectivity index (χ2v) is 4.05. The molecule has 0 aliphatic carbocycles. The van der Waals surface area contributed by atoms with Crippen LogP contribution >= 0.6 is 0 Å². The van der Waals surface area contributed by atoms with E-state index in [9.17, 15) is 0 Å². The van der Waals surface area contributed by atoms with E-state index in [0.29, 0.717) is 17.3 Å². The van der Waals surface area contributed by atoms with Crippen LogP contribution in [-0.4, -0.2) is 9.97 Å². The minimum Gasteiger partial charge on any atom is -0.437 e. The third-order valence-corrected chi connectivity index (χ3v) is 2.63. The molecule has 0 fully saturated rings. The van der Waals surface area contributed by atoms with E-state index < -0.39 is 0 Å². The van der Waals surface area contributed by atoms with Crippen molar-refractivity contribution >= 4 is 5.69 Å². The first-order valence-corrected chi connectivity index (χ1v) is 5.95. The molecule has 2 heterocycles. The average molecular weight is 254 g/mol. The highest BCUT2D eigenvalue weighted by Crippen LogP contribution is 2.24. The fraction of sp³-hybridized carbons (Fsp3) is 0.214. The molecular formula is C14H14N4O. The maximum atomic E-state index is 8.89. The number of nitrogen functional groups attached to an aromatic ring is 1. The quantitative estimate of drug-likeness (QED) is 0.909. The fourth-order valence-electron chi connectivity index (χ4n) is 1.66. The van der Waals surface area contributed by atoms with Crippen LogP contribution in [0.2, 0.25) is 0 Å². The molecule has 2 aromatic rings. The van der Waals surface area contributed by atoms with Crippen LogP contribution in [0.15, 0.2) is 24.3 Å². The van der Waals surface area contributed by atoms with Crippen LogP contribution in [0.1, 0.15) is 24.0 Å². The van der Waals surface area contributed by atoms with E-state index in [1.54, 1.807) is 12.1 Å². The number of nitrogens with zero attached hydrogens (tertiary/aromatic N) is 3. The Morgan fingerprint density at radius 3 is 2.74 bits per heavy atom. The van der Waals surface area contributed by atoms with E-state index in [1.807, 2.05) is 32.0 Å². The number of aryl methyl sites for hydroxylation is 2. The molecule has 5 heteroatoms. The van der Waals surface area contributed by atoms with Crippen LogP contribution in [0.25, 0.3) is 0 Å². The molecule has 96 valence electrons. The van der Waals surface area contributed by atoms with E-state index in [0.717, 1.165) is 17.8 Å². The predicted molar refractivity (Wildman–Crippen MR) is 71.8 cm³/mol. The normalized spacial score (nSPS) is 9.95. The molecule has 5 nitrogen and oxygen atoms in total. The Labute approximate surface area is 111 Å². The third-order valence-electron chi connectivity index (χ3n) is 2.63. The Balaban J connectivity index is 2.34. The van der Waals surface area contributed by atoms with Crippen molar-refractivity contribution in [3.63, 3.8) is 0 Å². The zero-order valence-corrected chi connectivity index (χ0v) is 10.8. The third kappa shape index (κ3) is 2.80. The van der Waals surface area contributed by atoms with Gasteiger partial charge in [-0.3, -0.25) is 4.98 Å². The van der Waals surface area contributed by atoms with Gasteiger partial charge in [0, 0.05) is 11.8 Å². The molecule has 0 aromatic carbocycles. The summed E-state index contributed by atoms with van der Waals surface area (Å²) in [4.78, 5) is 8.45. The standard InChI is InChI=1S/C14H14N4O/c1-3-11-13(6-4-9(2)17-11)19-14-7-5-10(16)12(8-15)18-14/h4-7H,3,16H2,1-2H3. The van der Waals surface area contributed by atoms with Gasteiger partial charge in [0.1, 0.15) is 6.07 Å². The summed E-state index contributed by atoms with van der Waals surface area (Å²) in [5.74, 6) is 0.986. The Morgan fingerprint density at radius 1 is 1.26 bits per heavy atom. The number of pyridine rings is 2. The number of nitriles is 1. The number of ether oxygens (including phenoxy) is 1. The molecule has 0 radical (unpaired) electrons. The molecule has 0 aliphatic heterocycles. The molecule has 0 atom stereocenters. The van der Waals surface area contributed by atoms with Gasteiger partial charge in [0.2, 0.25) is 5.88 Å². The summed E-state index contributed by atoms with van der Waals surface area (Å²) in [6.45, 7) is 3.93. The lowest BCUT2D eigenvalue weighted by Crippen LogP contribution is -1.99. The number of nitrogens with two attached hydrogens (primary N) is 1. The Hall–Kier alpha value is -2.61. The van der Waals surface area contributed by atoms with E-state index in [-0.39, 0.29) is 5.69 Å². The van der Waals surface area contributed by atoms with Crippen molar-refractivity contribution in [2.24, 2.45) is 0 Å². The van der Waals surface area contributed by atoms with Gasteiger partial charge in [0.05, 0.1) is 11.4 Å². The van der Waals surface area contributed by atoms with Crippen molar-refractivity contribution < 1.29 is 4.74 Å². The summed E-state index contributed by atoms with van der Waals surface area (Å²) in [6, 6.07) is 8.89. The van der Waals surface area contributed by atoms with E-state index in [2.05, 4.69) is 9.97 Å². The van der Waals surface area contributed by atoms with Crippen LogP contribution in [0.5, 0.6) is 11.6 Å². The number of anilines is 1. The largest absolute Gasteiger partial charge is 0.437 e. The number of rotatable bonds is 3. The highest BCUT2D eigenvalue weighted by atomic mass is 16.5. The molecule has 2 N–H and O–H groups in total. The van der Waals surface area contributed by atoms with Crippen molar-refractivity contribution in [3.05, 3.63) is 41.3 Å². The lowest BCUT2D eigenvalue weighted by atomic mass is 10.2. The molecule has 0 amide bonds. The van der Waals surface area contributed by atoms with Crippen molar-refractivity contribution in [3.8, 4) is 17.7 Å². The molecule has 0 saturated heterocycles. The zero-order valence-electron chi connectivity index (χ0n) is 10.8. The number of hydrogen-bond donors (Lipinski definition) is 1. The van der Waals surface area contributed by atoms with Gasteiger partial charge < -0.3 is 10.5 Å². The first kappa shape index (κ1) is 12.8. The van der Waals surface area contributed by atoms with Gasteiger partial charge in [-0.15, -0.1) is 0 Å². The lowest BCUT2D eigenvalue weighted by molar-refractivity contribution is 0.453. The summed E-state index contributed by atoms with van der Waals surface area (Å²) < 4.78 is 5.67. The van der Waals surface area contributed by atoms with Crippen LogP contribution in [0.3, 0.4) is 0 Å². The maximum Gasteiger partial charge on any atom is 0.220 e. The Kier molecular flexibility index (Phi) is 3.62. The molecule has 0 aliphatic rings. The molecule has 0 unspecified atom stereocenters. The molecule has 2 rings (SSSR count). The second kappa shape index (κ2) is 5.36. The smallest absolute Gasteiger partial charge is 0.220 e. The van der Waals surface area contributed by atoms with E-state index in [1.165, 1.54) is 0 Å². The second-order valence-electron chi connectivity index (χ2n) is 4.05. The highest BCUT2D eigenvalue weighted by Gasteiger charge is 2.08. The van der Waals surface area contributed by atoms with Crippen LogP contribution in [-0.2, 0) is 6.42 Å². The first-order valence-electron chi connectivity index (χ1n) is 5.95. The average Bonchev–Trinajstić information content (AvgIpc) is 2.42. The van der Waals surface area contributed by atoms with Gasteiger partial charge in [0.15, 0.2) is 11.4 Å². The minimum atomic E-state index is 0.163. The van der Waals surface area contributed by atoms with Crippen molar-refractivity contribution in [2.75, 3.05) is 5.73 Å². The Morgan fingerprint density at radius 2 is 2.05 bits per heavy atom. The lowest BCUT2D eigenvalue weighted by Gasteiger charge is -2.09. The summed E-state index contributed by atoms with van der Waals surface area (Å²) in [5.41, 5.74) is 7.92. The van der Waals surface area contributed by atoms with Gasteiger partial charge in [-0.25, -0.2) is 4.98 Å². The first-order chi connectivity index (χ1) is 9.13. The van der Waals surface area contributed by atoms with Gasteiger partial charge >= 0.3 is 0 Å². The molecule has 0 spiro atoms. The van der Waals surface area contributed by atoms with Gasteiger partial charge in [-0.1, -0.05) is 6.92 Å². The number of hydrogen-bond acceptors (Lipinski definition) is 5. The van der Waals surface area contributed by atoms with Crippen molar-refractivity contribution in [1.29, 1.82) is 5.26 Å². The summed E-state index contributed by atoms with van der Waals surface area (Å²) in [6.07, 6.45) is 0.761. The van der Waals surface area contributed by atoms with E-state index >= 15 is 0 Å². The zero-order chi connectivity index (χ0) is 13.8. The molecular weight excluding hydrogens is 240 g/mol. The van der Waals surface area contributed by atoms with Gasteiger partial charge in [0.25, 0.3) is 0 Å². The fourth-order valence-corrected chi connectivity index (χ4v) is 1.66. The predicted octanol–water partition coefficient (Wildman–Crippen LogP) is 2.59. The van der Waals surface area contributed by atoms with Crippen LogP contribution in [0, 0.1) is 18.3 Å². The van der Waals surface area contributed by atoms with Gasteiger partial charge in [-0.2, -0.15) is 5.26 Å². The monoisotopic (exact) mass is 254 g/mol. The highest BCUT2D eigenvalue weighted by molar-refractivity contribution is 5.51. The molecule has 2 aromatic heterocycles. The minimum absolute atomic E-state index is 0.163. The van der Waals surface area contributed by atoms with Gasteiger partial charge in [-0.05, 0) is 31.5 Å². The van der Waals surface area contributed by atoms with Crippen molar-refractivity contribution in [1.82, 2.24) is 9.97 Å². The van der Waals surface area contributed by atoms with Crippen LogP contribution < -0.4 is 10.5 Å². The summed E-state index contributed by atoms with van der Waals surface area (Å²) >= 11 is 0. The maximum absolute atomic E-state index is 8.89.